The van der Waals surface area contributed by atoms with Crippen LogP contribution in [0.3, 0.4) is 0 Å². The van der Waals surface area contributed by atoms with Crippen molar-refractivity contribution in [3.8, 4) is 5.75 Å². The summed E-state index contributed by atoms with van der Waals surface area (Å²) in [6, 6.07) is 6.73. The van der Waals surface area contributed by atoms with Gasteiger partial charge in [0.05, 0.1) is 36.4 Å². The van der Waals surface area contributed by atoms with Crippen LogP contribution in [0.1, 0.15) is 0 Å². The van der Waals surface area contributed by atoms with Crippen molar-refractivity contribution in [1.29, 1.82) is 0 Å². The van der Waals surface area contributed by atoms with Gasteiger partial charge < -0.3 is 15.2 Å². The van der Waals surface area contributed by atoms with Crippen molar-refractivity contribution >= 4 is 15.5 Å². The van der Waals surface area contributed by atoms with E-state index in [1.807, 2.05) is 12.1 Å². The van der Waals surface area contributed by atoms with Gasteiger partial charge in [-0.2, -0.15) is 0 Å². The zero-order valence-electron chi connectivity index (χ0n) is 9.46. The number of hydrogen-bond acceptors (Lipinski definition) is 5. The molecule has 1 aliphatic heterocycles. The van der Waals surface area contributed by atoms with Gasteiger partial charge in [-0.05, 0) is 12.1 Å². The second-order valence-corrected chi connectivity index (χ2v) is 6.25. The summed E-state index contributed by atoms with van der Waals surface area (Å²) in [5.41, 5.74) is 0.691. The summed E-state index contributed by atoms with van der Waals surface area (Å²) in [6.45, 7) is 0. The Labute approximate surface area is 100 Å². The molecule has 5 nitrogen and oxygen atoms in total. The van der Waals surface area contributed by atoms with E-state index in [0.29, 0.717) is 11.4 Å². The lowest BCUT2D eigenvalue weighted by Crippen LogP contribution is -2.31. The number of aliphatic hydroxyl groups is 1. The molecule has 2 atom stereocenters. The van der Waals surface area contributed by atoms with Crippen LogP contribution in [0.4, 0.5) is 5.69 Å². The van der Waals surface area contributed by atoms with E-state index in [4.69, 9.17) is 4.74 Å². The molecule has 17 heavy (non-hydrogen) atoms. The molecule has 0 radical (unpaired) electrons. The fraction of sp³-hybridized carbons (Fsp3) is 0.455. The monoisotopic (exact) mass is 257 g/mol. The topological polar surface area (TPSA) is 75.6 Å². The van der Waals surface area contributed by atoms with Crippen molar-refractivity contribution in [2.45, 2.75) is 12.1 Å². The molecule has 1 saturated heterocycles. The van der Waals surface area contributed by atoms with Gasteiger partial charge in [-0.15, -0.1) is 0 Å². The fourth-order valence-electron chi connectivity index (χ4n) is 1.93. The van der Waals surface area contributed by atoms with Crippen LogP contribution in [0, 0.1) is 0 Å². The molecule has 1 aromatic rings. The summed E-state index contributed by atoms with van der Waals surface area (Å²) in [5, 5.41) is 12.7. The predicted octanol–water partition coefficient (Wildman–Crippen LogP) is 0.265. The number of methoxy groups -OCH3 is 1. The highest BCUT2D eigenvalue weighted by Crippen LogP contribution is 2.26. The number of anilines is 1. The van der Waals surface area contributed by atoms with Crippen molar-refractivity contribution in [3.63, 3.8) is 0 Å². The third-order valence-corrected chi connectivity index (χ3v) is 4.49. The first-order valence-electron chi connectivity index (χ1n) is 5.30. The minimum Gasteiger partial charge on any atom is -0.495 e. The number of rotatable bonds is 3. The molecular weight excluding hydrogens is 242 g/mol. The van der Waals surface area contributed by atoms with Crippen LogP contribution in [-0.2, 0) is 9.84 Å². The molecule has 6 heteroatoms. The van der Waals surface area contributed by atoms with Gasteiger partial charge >= 0.3 is 0 Å². The molecule has 1 fully saturated rings. The number of aliphatic hydroxyl groups excluding tert-OH is 1. The number of benzene rings is 1. The van der Waals surface area contributed by atoms with E-state index in [-0.39, 0.29) is 11.5 Å². The number of sulfone groups is 1. The van der Waals surface area contributed by atoms with Crippen LogP contribution >= 0.6 is 0 Å². The Morgan fingerprint density at radius 1 is 1.35 bits per heavy atom. The van der Waals surface area contributed by atoms with Gasteiger partial charge in [-0.3, -0.25) is 0 Å². The minimum atomic E-state index is -3.14. The molecule has 2 rings (SSSR count). The van der Waals surface area contributed by atoms with E-state index in [2.05, 4.69) is 5.32 Å². The van der Waals surface area contributed by atoms with Crippen molar-refractivity contribution in [3.05, 3.63) is 24.3 Å². The SMILES string of the molecule is COc1ccccc1NC1CS(=O)(=O)CC1O. The Hall–Kier alpha value is -1.27. The van der Waals surface area contributed by atoms with Gasteiger partial charge in [0, 0.05) is 0 Å². The minimum absolute atomic E-state index is 0.0494. The molecule has 1 aromatic carbocycles. The Kier molecular flexibility index (Phi) is 3.26. The highest BCUT2D eigenvalue weighted by molar-refractivity contribution is 7.91. The van der Waals surface area contributed by atoms with Gasteiger partial charge in [0.25, 0.3) is 0 Å². The van der Waals surface area contributed by atoms with Crippen LogP contribution in [0.15, 0.2) is 24.3 Å². The van der Waals surface area contributed by atoms with Crippen LogP contribution < -0.4 is 10.1 Å². The Balaban J connectivity index is 2.16. The largest absolute Gasteiger partial charge is 0.495 e. The van der Waals surface area contributed by atoms with Crippen LogP contribution in [-0.4, -0.2) is 44.3 Å². The van der Waals surface area contributed by atoms with E-state index < -0.39 is 22.0 Å². The molecule has 1 heterocycles. The lowest BCUT2D eigenvalue weighted by Gasteiger charge is -2.18. The highest BCUT2D eigenvalue weighted by Gasteiger charge is 2.36. The number of nitrogens with one attached hydrogen (secondary N) is 1. The first-order chi connectivity index (χ1) is 8.02. The summed E-state index contributed by atoms with van der Waals surface area (Å²) < 4.78 is 27.9. The van der Waals surface area contributed by atoms with Crippen molar-refractivity contribution in [1.82, 2.24) is 0 Å². The molecule has 0 amide bonds. The van der Waals surface area contributed by atoms with Gasteiger partial charge in [-0.25, -0.2) is 8.42 Å². The van der Waals surface area contributed by atoms with E-state index >= 15 is 0 Å². The fourth-order valence-corrected chi connectivity index (χ4v) is 3.67. The summed E-state index contributed by atoms with van der Waals surface area (Å²) >= 11 is 0. The zero-order chi connectivity index (χ0) is 12.5. The van der Waals surface area contributed by atoms with Gasteiger partial charge in [0.1, 0.15) is 5.75 Å². The van der Waals surface area contributed by atoms with Crippen LogP contribution in [0.25, 0.3) is 0 Å². The summed E-state index contributed by atoms with van der Waals surface area (Å²) in [7, 11) is -1.59. The first kappa shape index (κ1) is 12.2. The second-order valence-electron chi connectivity index (χ2n) is 4.10. The highest BCUT2D eigenvalue weighted by atomic mass is 32.2. The van der Waals surface area contributed by atoms with E-state index in [0.717, 1.165) is 0 Å². The lowest BCUT2D eigenvalue weighted by atomic mass is 10.2. The molecule has 2 N–H and O–H groups in total. The van der Waals surface area contributed by atoms with E-state index in [9.17, 15) is 13.5 Å². The molecule has 0 saturated carbocycles. The maximum absolute atomic E-state index is 11.4. The first-order valence-corrected chi connectivity index (χ1v) is 7.12. The molecule has 0 spiro atoms. The predicted molar refractivity (Wildman–Crippen MR) is 65.1 cm³/mol. The third-order valence-electron chi connectivity index (χ3n) is 2.77. The Bertz CT molecular complexity index is 500. The van der Waals surface area contributed by atoms with Crippen LogP contribution in [0.2, 0.25) is 0 Å². The average molecular weight is 257 g/mol. The molecule has 94 valence electrons. The Morgan fingerprint density at radius 2 is 2.06 bits per heavy atom. The molecule has 2 unspecified atom stereocenters. The average Bonchev–Trinajstić information content (AvgIpc) is 2.52. The van der Waals surface area contributed by atoms with E-state index in [1.165, 1.54) is 0 Å². The van der Waals surface area contributed by atoms with Gasteiger partial charge in [-0.1, -0.05) is 12.1 Å². The van der Waals surface area contributed by atoms with Crippen molar-refractivity contribution in [2.24, 2.45) is 0 Å². The zero-order valence-corrected chi connectivity index (χ0v) is 10.3. The number of para-hydroxylation sites is 2. The number of ether oxygens (including phenoxy) is 1. The van der Waals surface area contributed by atoms with E-state index in [1.54, 1.807) is 19.2 Å². The van der Waals surface area contributed by atoms with Crippen molar-refractivity contribution in [2.75, 3.05) is 23.9 Å². The smallest absolute Gasteiger partial charge is 0.155 e. The summed E-state index contributed by atoms with van der Waals surface area (Å²) in [6.07, 6.45) is -0.870. The van der Waals surface area contributed by atoms with Gasteiger partial charge in [0.2, 0.25) is 0 Å². The second kappa shape index (κ2) is 4.54. The third kappa shape index (κ3) is 2.70. The van der Waals surface area contributed by atoms with Crippen LogP contribution in [0.5, 0.6) is 5.75 Å². The Morgan fingerprint density at radius 3 is 2.65 bits per heavy atom. The lowest BCUT2D eigenvalue weighted by molar-refractivity contribution is 0.190. The maximum atomic E-state index is 11.4. The molecule has 0 aliphatic carbocycles. The standard InChI is InChI=1S/C11H15NO4S/c1-16-11-5-3-2-4-8(11)12-9-6-17(14,15)7-10(9)13/h2-5,9-10,12-13H,6-7H2,1H3. The van der Waals surface area contributed by atoms with Crippen molar-refractivity contribution < 1.29 is 18.3 Å². The molecular formula is C11H15NO4S. The van der Waals surface area contributed by atoms with Gasteiger partial charge in [0.15, 0.2) is 9.84 Å². The number of hydrogen-bond donors (Lipinski definition) is 2. The normalized spacial score (nSPS) is 26.7. The quantitative estimate of drug-likeness (QED) is 0.812. The molecule has 0 bridgehead atoms. The summed E-state index contributed by atoms with van der Waals surface area (Å²) in [4.78, 5) is 0. The summed E-state index contributed by atoms with van der Waals surface area (Å²) in [5.74, 6) is 0.399. The molecule has 0 aromatic heterocycles. The molecule has 1 aliphatic rings. The maximum Gasteiger partial charge on any atom is 0.155 e.